The Hall–Kier alpha value is -3.95. The van der Waals surface area contributed by atoms with E-state index in [9.17, 15) is 9.90 Å². The van der Waals surface area contributed by atoms with E-state index >= 15 is 0 Å². The van der Waals surface area contributed by atoms with Gasteiger partial charge in [-0.25, -0.2) is 9.97 Å². The third-order valence-electron chi connectivity index (χ3n) is 6.25. The fourth-order valence-electron chi connectivity index (χ4n) is 4.35. The van der Waals surface area contributed by atoms with Crippen LogP contribution in [0.5, 0.6) is 11.5 Å². The molecule has 0 radical (unpaired) electrons. The van der Waals surface area contributed by atoms with Crippen LogP contribution in [0, 0.1) is 0 Å². The molecule has 0 spiro atoms. The van der Waals surface area contributed by atoms with E-state index in [1.165, 1.54) is 6.33 Å². The van der Waals surface area contributed by atoms with Gasteiger partial charge in [-0.2, -0.15) is 0 Å². The Morgan fingerprint density at radius 2 is 2.00 bits per heavy atom. The number of halogens is 1. The lowest BCUT2D eigenvalue weighted by Gasteiger charge is -2.30. The first-order valence-corrected chi connectivity index (χ1v) is 12.7. The summed E-state index contributed by atoms with van der Waals surface area (Å²) in [5.74, 6) is 1.31. The van der Waals surface area contributed by atoms with Gasteiger partial charge < -0.3 is 24.8 Å². The van der Waals surface area contributed by atoms with Gasteiger partial charge >= 0.3 is 0 Å². The predicted molar refractivity (Wildman–Crippen MR) is 145 cm³/mol. The Morgan fingerprint density at radius 3 is 2.74 bits per heavy atom. The van der Waals surface area contributed by atoms with Crippen LogP contribution in [-0.4, -0.2) is 55.7 Å². The zero-order valence-electron chi connectivity index (χ0n) is 21.1. The molecule has 4 aromatic rings. The summed E-state index contributed by atoms with van der Waals surface area (Å²) in [6.07, 6.45) is 3.23. The summed E-state index contributed by atoms with van der Waals surface area (Å²) >= 11 is 6.50. The Balaban J connectivity index is 1.37. The second kappa shape index (κ2) is 10.8. The molecule has 1 saturated heterocycles. The molecule has 9 nitrogen and oxygen atoms in total. The zero-order chi connectivity index (χ0) is 26.7. The monoisotopic (exact) mass is 533 g/mol. The molecule has 1 aliphatic rings. The molecule has 5 rings (SSSR count). The first kappa shape index (κ1) is 25.7. The van der Waals surface area contributed by atoms with Gasteiger partial charge in [-0.3, -0.25) is 9.78 Å². The first-order valence-electron chi connectivity index (χ1n) is 12.3. The second-order valence-corrected chi connectivity index (χ2v) is 9.97. The number of ether oxygens (including phenoxy) is 2. The van der Waals surface area contributed by atoms with Crippen LogP contribution >= 0.6 is 11.6 Å². The standard InChI is InChI=1S/C28H28ClN5O4/c1-28(2,27(36)34-13-11-20(35)15-34)38-24-8-5-7-22-25(24)26(32-17-31-22)33-18-9-10-23(21(29)14-18)37-16-19-6-3-4-12-30-19/h3-10,12,14,17,20,35H,11,13,15-16H2,1-2H3,(H,31,32,33)/t20-/m1/s1. The lowest BCUT2D eigenvalue weighted by molar-refractivity contribution is -0.144. The van der Waals surface area contributed by atoms with E-state index in [0.29, 0.717) is 65.0 Å². The van der Waals surface area contributed by atoms with Crippen molar-refractivity contribution in [2.24, 2.45) is 0 Å². The van der Waals surface area contributed by atoms with Gasteiger partial charge in [-0.1, -0.05) is 23.7 Å². The van der Waals surface area contributed by atoms with Crippen molar-refractivity contribution < 1.29 is 19.4 Å². The van der Waals surface area contributed by atoms with Gasteiger partial charge in [0.25, 0.3) is 5.91 Å². The Labute approximate surface area is 225 Å². The fraction of sp³-hybridized carbons (Fsp3) is 0.286. The quantitative estimate of drug-likeness (QED) is 0.334. The Bertz CT molecular complexity index is 1440. The van der Waals surface area contributed by atoms with E-state index in [1.807, 2.05) is 36.4 Å². The van der Waals surface area contributed by atoms with Crippen molar-refractivity contribution in [1.82, 2.24) is 19.9 Å². The maximum Gasteiger partial charge on any atom is 0.266 e. The van der Waals surface area contributed by atoms with Gasteiger partial charge in [0.1, 0.15) is 30.3 Å². The molecular weight excluding hydrogens is 506 g/mol. The number of aliphatic hydroxyl groups is 1. The highest BCUT2D eigenvalue weighted by molar-refractivity contribution is 6.32. The number of fused-ring (bicyclic) bond motifs is 1. The van der Waals surface area contributed by atoms with Crippen molar-refractivity contribution in [2.75, 3.05) is 18.4 Å². The van der Waals surface area contributed by atoms with Gasteiger partial charge in [0, 0.05) is 25.0 Å². The number of β-amino-alcohol motifs (C(OH)–C–C–N with tert-alkyl or cyclic N) is 1. The van der Waals surface area contributed by atoms with E-state index in [0.717, 1.165) is 5.69 Å². The number of hydrogen-bond acceptors (Lipinski definition) is 8. The van der Waals surface area contributed by atoms with Crippen LogP contribution in [-0.2, 0) is 11.4 Å². The number of carbonyl (C=O) groups excluding carboxylic acids is 1. The summed E-state index contributed by atoms with van der Waals surface area (Å²) in [6, 6.07) is 16.4. The van der Waals surface area contributed by atoms with Crippen LogP contribution < -0.4 is 14.8 Å². The molecule has 10 heteroatoms. The van der Waals surface area contributed by atoms with E-state index in [4.69, 9.17) is 21.1 Å². The minimum Gasteiger partial charge on any atom is -0.486 e. The van der Waals surface area contributed by atoms with Crippen molar-refractivity contribution in [1.29, 1.82) is 0 Å². The highest BCUT2D eigenvalue weighted by Crippen LogP contribution is 2.36. The Morgan fingerprint density at radius 1 is 1.13 bits per heavy atom. The Kier molecular flexibility index (Phi) is 7.31. The van der Waals surface area contributed by atoms with Gasteiger partial charge in [0.15, 0.2) is 5.60 Å². The van der Waals surface area contributed by atoms with E-state index in [-0.39, 0.29) is 5.91 Å². The number of pyridine rings is 1. The number of rotatable bonds is 8. The largest absolute Gasteiger partial charge is 0.486 e. The number of benzene rings is 2. The van der Waals surface area contributed by atoms with E-state index in [2.05, 4.69) is 20.3 Å². The fourth-order valence-corrected chi connectivity index (χ4v) is 4.59. The summed E-state index contributed by atoms with van der Waals surface area (Å²) in [7, 11) is 0. The molecule has 0 unspecified atom stereocenters. The van der Waals surface area contributed by atoms with Crippen molar-refractivity contribution in [3.63, 3.8) is 0 Å². The minimum atomic E-state index is -1.17. The number of aromatic nitrogens is 3. The SMILES string of the molecule is CC(C)(Oc1cccc2ncnc(Nc3ccc(OCc4ccccn4)c(Cl)c3)c12)C(=O)N1CC[C@@H](O)C1. The molecule has 38 heavy (non-hydrogen) atoms. The highest BCUT2D eigenvalue weighted by atomic mass is 35.5. The number of nitrogens with one attached hydrogen (secondary N) is 1. The van der Waals surface area contributed by atoms with Gasteiger partial charge in [-0.05, 0) is 62.7 Å². The first-order chi connectivity index (χ1) is 18.3. The lowest BCUT2D eigenvalue weighted by Crippen LogP contribution is -2.48. The predicted octanol–water partition coefficient (Wildman–Crippen LogP) is 4.75. The van der Waals surface area contributed by atoms with Crippen LogP contribution in [0.25, 0.3) is 10.9 Å². The summed E-state index contributed by atoms with van der Waals surface area (Å²) in [6.45, 7) is 4.55. The van der Waals surface area contributed by atoms with Crippen LogP contribution in [0.3, 0.4) is 0 Å². The molecule has 0 aliphatic carbocycles. The number of nitrogens with zero attached hydrogens (tertiary/aromatic N) is 4. The van der Waals surface area contributed by atoms with Crippen LogP contribution in [0.15, 0.2) is 67.1 Å². The molecule has 2 aromatic carbocycles. The summed E-state index contributed by atoms with van der Waals surface area (Å²) in [5, 5.41) is 14.2. The number of likely N-dealkylation sites (tertiary alicyclic amines) is 1. The number of aliphatic hydroxyl groups excluding tert-OH is 1. The zero-order valence-corrected chi connectivity index (χ0v) is 21.9. The molecule has 1 atom stereocenters. The molecule has 1 aliphatic heterocycles. The number of amides is 1. The van der Waals surface area contributed by atoms with Crippen LogP contribution in [0.2, 0.25) is 5.02 Å². The lowest BCUT2D eigenvalue weighted by atomic mass is 10.1. The smallest absolute Gasteiger partial charge is 0.266 e. The summed E-state index contributed by atoms with van der Waals surface area (Å²) in [5.41, 5.74) is 0.979. The van der Waals surface area contributed by atoms with Crippen molar-refractivity contribution >= 4 is 39.9 Å². The van der Waals surface area contributed by atoms with E-state index < -0.39 is 11.7 Å². The van der Waals surface area contributed by atoms with Crippen molar-refractivity contribution in [2.45, 2.75) is 38.6 Å². The maximum absolute atomic E-state index is 13.2. The number of anilines is 2. The maximum atomic E-state index is 13.2. The third-order valence-corrected chi connectivity index (χ3v) is 6.55. The highest BCUT2D eigenvalue weighted by Gasteiger charge is 2.37. The average molecular weight is 534 g/mol. The molecule has 3 heterocycles. The van der Waals surface area contributed by atoms with Gasteiger partial charge in [-0.15, -0.1) is 0 Å². The minimum absolute atomic E-state index is 0.189. The molecule has 1 amide bonds. The normalized spacial score (nSPS) is 15.5. The molecule has 2 N–H and O–H groups in total. The van der Waals surface area contributed by atoms with Gasteiger partial charge in [0.2, 0.25) is 0 Å². The third kappa shape index (κ3) is 5.64. The van der Waals surface area contributed by atoms with Crippen molar-refractivity contribution in [3.8, 4) is 11.5 Å². The molecule has 0 bridgehead atoms. The summed E-state index contributed by atoms with van der Waals surface area (Å²) < 4.78 is 12.1. The van der Waals surface area contributed by atoms with Gasteiger partial charge in [0.05, 0.1) is 27.7 Å². The van der Waals surface area contributed by atoms with E-state index in [1.54, 1.807) is 43.1 Å². The molecule has 196 valence electrons. The average Bonchev–Trinajstić information content (AvgIpc) is 3.34. The second-order valence-electron chi connectivity index (χ2n) is 9.56. The molecule has 2 aromatic heterocycles. The topological polar surface area (TPSA) is 110 Å². The molecule has 0 saturated carbocycles. The number of hydrogen-bond donors (Lipinski definition) is 2. The summed E-state index contributed by atoms with van der Waals surface area (Å²) in [4.78, 5) is 27.9. The van der Waals surface area contributed by atoms with Crippen molar-refractivity contribution in [3.05, 3.63) is 77.8 Å². The van der Waals surface area contributed by atoms with Crippen LogP contribution in [0.4, 0.5) is 11.5 Å². The van der Waals surface area contributed by atoms with Crippen LogP contribution in [0.1, 0.15) is 26.0 Å². The molecular formula is C28H28ClN5O4. The molecule has 1 fully saturated rings. The number of carbonyl (C=O) groups is 1.